The molecule has 5 nitrogen and oxygen atoms in total. The number of fused-ring (bicyclic) bond motifs is 1. The molecule has 1 atom stereocenters. The molecule has 0 amide bonds. The highest BCUT2D eigenvalue weighted by Crippen LogP contribution is 2.24. The summed E-state index contributed by atoms with van der Waals surface area (Å²) >= 11 is 0. The van der Waals surface area contributed by atoms with Gasteiger partial charge in [0.2, 0.25) is 0 Å². The number of imidazole rings is 1. The van der Waals surface area contributed by atoms with Crippen LogP contribution in [0, 0.1) is 0 Å². The van der Waals surface area contributed by atoms with Crippen LogP contribution in [0.1, 0.15) is 11.6 Å². The van der Waals surface area contributed by atoms with Gasteiger partial charge in [0.25, 0.3) is 0 Å². The molecule has 0 spiro atoms. The fraction of sp³-hybridized carbons (Fsp3) is 0.333. The molecule has 0 saturated carbocycles. The van der Waals surface area contributed by atoms with Crippen molar-refractivity contribution in [1.29, 1.82) is 0 Å². The zero-order valence-corrected chi connectivity index (χ0v) is 6.65. The number of hydrogen-bond donors (Lipinski definition) is 2. The van der Waals surface area contributed by atoms with Crippen LogP contribution in [-0.4, -0.2) is 23.4 Å². The third kappa shape index (κ3) is 0.877. The Kier molecular flexibility index (Phi) is 1.36. The molecule has 6 heteroatoms. The maximum atomic E-state index is 5.67. The fourth-order valence-electron chi connectivity index (χ4n) is 1.18. The molecule has 2 rings (SSSR count). The number of rotatable bonds is 0. The van der Waals surface area contributed by atoms with E-state index in [1.807, 2.05) is 11.6 Å². The Morgan fingerprint density at radius 3 is 3.25 bits per heavy atom. The second-order valence-electron chi connectivity index (χ2n) is 2.67. The first kappa shape index (κ1) is 7.21. The zero-order chi connectivity index (χ0) is 8.72. The molecule has 2 radical (unpaired) electrons. The lowest BCUT2D eigenvalue weighted by Crippen LogP contribution is -2.29. The Morgan fingerprint density at radius 1 is 1.75 bits per heavy atom. The Balaban J connectivity index is 2.50. The molecule has 1 unspecified atom stereocenters. The van der Waals surface area contributed by atoms with Gasteiger partial charge in [0.05, 0.1) is 18.0 Å². The highest BCUT2D eigenvalue weighted by atomic mass is 15.2. The van der Waals surface area contributed by atoms with Crippen molar-refractivity contribution in [3.05, 3.63) is 12.0 Å². The van der Waals surface area contributed by atoms with E-state index in [-0.39, 0.29) is 0 Å². The standard InChI is InChI=1S/C6H8BN5/c1-12-2-9-3-4(7)10-6(8)11-5(3)12/h2,4H,1H3,(H3,8,10,11). The predicted octanol–water partition coefficient (Wildman–Crippen LogP) is -0.673. The molecular weight excluding hydrogens is 153 g/mol. The van der Waals surface area contributed by atoms with Crippen molar-refractivity contribution < 1.29 is 0 Å². The van der Waals surface area contributed by atoms with E-state index < -0.39 is 5.94 Å². The Bertz CT molecular complexity index is 342. The lowest BCUT2D eigenvalue weighted by molar-refractivity contribution is 0.908. The van der Waals surface area contributed by atoms with Crippen LogP contribution in [0.15, 0.2) is 11.3 Å². The van der Waals surface area contributed by atoms with E-state index in [0.717, 1.165) is 11.5 Å². The predicted molar refractivity (Wildman–Crippen MR) is 46.9 cm³/mol. The molecule has 0 aliphatic carbocycles. The molecule has 0 aromatic carbocycles. The second-order valence-corrected chi connectivity index (χ2v) is 2.67. The molecule has 60 valence electrons. The van der Waals surface area contributed by atoms with Gasteiger partial charge in [-0.15, -0.1) is 0 Å². The van der Waals surface area contributed by atoms with Gasteiger partial charge >= 0.3 is 0 Å². The summed E-state index contributed by atoms with van der Waals surface area (Å²) in [5, 5.41) is 2.89. The maximum Gasteiger partial charge on any atom is 0.194 e. The summed E-state index contributed by atoms with van der Waals surface area (Å²) in [7, 11) is 7.53. The third-order valence-corrected chi connectivity index (χ3v) is 1.77. The van der Waals surface area contributed by atoms with Gasteiger partial charge in [0.1, 0.15) is 13.7 Å². The highest BCUT2D eigenvalue weighted by Gasteiger charge is 2.19. The molecule has 2 heterocycles. The van der Waals surface area contributed by atoms with E-state index in [1.165, 1.54) is 0 Å². The fourth-order valence-corrected chi connectivity index (χ4v) is 1.18. The molecule has 1 aromatic heterocycles. The molecule has 0 bridgehead atoms. The lowest BCUT2D eigenvalue weighted by atomic mass is 9.93. The van der Waals surface area contributed by atoms with Crippen LogP contribution in [-0.2, 0) is 7.05 Å². The van der Waals surface area contributed by atoms with E-state index in [1.54, 1.807) is 6.33 Å². The monoisotopic (exact) mass is 161 g/mol. The van der Waals surface area contributed by atoms with Crippen molar-refractivity contribution in [3.8, 4) is 0 Å². The van der Waals surface area contributed by atoms with Gasteiger partial charge in [-0.2, -0.15) is 0 Å². The number of guanidine groups is 1. The van der Waals surface area contributed by atoms with Crippen LogP contribution in [0.4, 0.5) is 5.82 Å². The van der Waals surface area contributed by atoms with Gasteiger partial charge in [-0.05, 0) is 0 Å². The molecule has 1 aromatic rings. The average Bonchev–Trinajstić information content (AvgIpc) is 2.33. The summed E-state index contributed by atoms with van der Waals surface area (Å²) in [6, 6.07) is 0. The Morgan fingerprint density at radius 2 is 2.50 bits per heavy atom. The van der Waals surface area contributed by atoms with Gasteiger partial charge in [0, 0.05) is 7.05 Å². The van der Waals surface area contributed by atoms with Crippen molar-refractivity contribution in [2.24, 2.45) is 17.8 Å². The number of aliphatic imine (C=N–C) groups is 1. The van der Waals surface area contributed by atoms with Gasteiger partial charge in [-0.25, -0.2) is 4.98 Å². The first-order valence-electron chi connectivity index (χ1n) is 3.55. The van der Waals surface area contributed by atoms with Crippen molar-refractivity contribution in [3.63, 3.8) is 0 Å². The van der Waals surface area contributed by atoms with Crippen LogP contribution in [0.25, 0.3) is 0 Å². The summed E-state index contributed by atoms with van der Waals surface area (Å²) < 4.78 is 1.82. The van der Waals surface area contributed by atoms with Crippen LogP contribution >= 0.6 is 0 Å². The van der Waals surface area contributed by atoms with E-state index in [0.29, 0.717) is 5.96 Å². The highest BCUT2D eigenvalue weighted by molar-refractivity contribution is 6.15. The van der Waals surface area contributed by atoms with Gasteiger partial charge in [-0.3, -0.25) is 4.99 Å². The number of nitrogens with two attached hydrogens (primary N) is 1. The number of anilines is 1. The number of nitrogens with zero attached hydrogens (tertiary/aromatic N) is 3. The summed E-state index contributed by atoms with van der Waals surface area (Å²) in [5.41, 5.74) is 6.21. The van der Waals surface area contributed by atoms with Crippen LogP contribution in [0.2, 0.25) is 0 Å². The van der Waals surface area contributed by atoms with Crippen molar-refractivity contribution >= 4 is 19.6 Å². The van der Waals surface area contributed by atoms with Crippen molar-refractivity contribution in [1.82, 2.24) is 9.55 Å². The minimum atomic E-state index is -0.442. The van der Waals surface area contributed by atoms with Crippen LogP contribution in [0.3, 0.4) is 0 Å². The van der Waals surface area contributed by atoms with E-state index in [9.17, 15) is 0 Å². The molecule has 12 heavy (non-hydrogen) atoms. The molecule has 0 fully saturated rings. The van der Waals surface area contributed by atoms with E-state index in [2.05, 4.69) is 15.3 Å². The normalized spacial score (nSPS) is 21.1. The first-order chi connectivity index (χ1) is 5.68. The topological polar surface area (TPSA) is 68.2 Å². The van der Waals surface area contributed by atoms with E-state index >= 15 is 0 Å². The summed E-state index contributed by atoms with van der Waals surface area (Å²) in [6.07, 6.45) is 1.67. The molecule has 1 aliphatic rings. The average molecular weight is 161 g/mol. The summed E-state index contributed by atoms with van der Waals surface area (Å²) in [4.78, 5) is 8.01. The van der Waals surface area contributed by atoms with Crippen LogP contribution in [0.5, 0.6) is 0 Å². The first-order valence-corrected chi connectivity index (χ1v) is 3.55. The molecule has 0 saturated heterocycles. The lowest BCUT2D eigenvalue weighted by Gasteiger charge is -2.17. The Labute approximate surface area is 71.1 Å². The third-order valence-electron chi connectivity index (χ3n) is 1.77. The van der Waals surface area contributed by atoms with Crippen LogP contribution < -0.4 is 11.1 Å². The number of aromatic nitrogens is 2. The number of nitrogens with one attached hydrogen (secondary N) is 1. The van der Waals surface area contributed by atoms with Gasteiger partial charge in [0.15, 0.2) is 5.96 Å². The zero-order valence-electron chi connectivity index (χ0n) is 6.65. The number of aryl methyl sites for hydroxylation is 1. The number of hydrogen-bond acceptors (Lipinski definition) is 4. The smallest absolute Gasteiger partial charge is 0.194 e. The minimum Gasteiger partial charge on any atom is -0.370 e. The largest absolute Gasteiger partial charge is 0.370 e. The SMILES string of the molecule is [B]C1N=C(N)Nc2c1ncn2C. The second kappa shape index (κ2) is 2.26. The maximum absolute atomic E-state index is 5.67. The van der Waals surface area contributed by atoms with Gasteiger partial charge in [-0.1, -0.05) is 0 Å². The summed E-state index contributed by atoms with van der Waals surface area (Å²) in [6.45, 7) is 0. The van der Waals surface area contributed by atoms with Gasteiger partial charge < -0.3 is 15.6 Å². The van der Waals surface area contributed by atoms with E-state index in [4.69, 9.17) is 13.6 Å². The van der Waals surface area contributed by atoms with Crippen molar-refractivity contribution in [2.45, 2.75) is 5.94 Å². The minimum absolute atomic E-state index is 0.332. The summed E-state index contributed by atoms with van der Waals surface area (Å²) in [5.74, 6) is 0.705. The van der Waals surface area contributed by atoms with Crippen molar-refractivity contribution in [2.75, 3.05) is 5.32 Å². The molecular formula is C6H8BN5. The molecule has 1 aliphatic heterocycles. The molecule has 3 N–H and O–H groups in total. The Hall–Kier alpha value is -1.46. The quantitative estimate of drug-likeness (QED) is 0.495.